The van der Waals surface area contributed by atoms with Gasteiger partial charge >= 0.3 is 0 Å². The zero-order valence-corrected chi connectivity index (χ0v) is 13.9. The Labute approximate surface area is 139 Å². The summed E-state index contributed by atoms with van der Waals surface area (Å²) in [6, 6.07) is 7.43. The molecule has 0 bridgehead atoms. The van der Waals surface area contributed by atoms with Crippen LogP contribution in [0.3, 0.4) is 0 Å². The van der Waals surface area contributed by atoms with Gasteiger partial charge in [-0.05, 0) is 30.9 Å². The van der Waals surface area contributed by atoms with Crippen LogP contribution in [0.5, 0.6) is 0 Å². The standard InChI is InChI=1S/C20H27NO2/c1-2-3-4-5-6-7-8-9-12-15-21-19(22)16-17-13-10-11-14-18(17)20(21)23/h2,10-11,13-14H,1,3-9,12,15-16H2. The summed E-state index contributed by atoms with van der Waals surface area (Å²) >= 11 is 0. The number of imide groups is 1. The van der Waals surface area contributed by atoms with Gasteiger partial charge in [-0.2, -0.15) is 0 Å². The van der Waals surface area contributed by atoms with E-state index in [1.165, 1.54) is 37.0 Å². The average Bonchev–Trinajstić information content (AvgIpc) is 2.56. The van der Waals surface area contributed by atoms with Crippen LogP contribution in [-0.2, 0) is 11.2 Å². The average molecular weight is 313 g/mol. The highest BCUT2D eigenvalue weighted by molar-refractivity contribution is 6.09. The normalized spacial score (nSPS) is 14.0. The molecule has 1 aromatic rings. The highest BCUT2D eigenvalue weighted by atomic mass is 16.2. The molecule has 1 aliphatic rings. The second-order valence-electron chi connectivity index (χ2n) is 6.24. The molecule has 3 nitrogen and oxygen atoms in total. The van der Waals surface area contributed by atoms with Crippen LogP contribution in [0.4, 0.5) is 0 Å². The van der Waals surface area contributed by atoms with Crippen molar-refractivity contribution in [3.8, 4) is 0 Å². The Bertz CT molecular complexity index is 550. The topological polar surface area (TPSA) is 37.4 Å². The third-order valence-corrected chi connectivity index (χ3v) is 4.43. The van der Waals surface area contributed by atoms with Crippen molar-refractivity contribution in [2.45, 2.75) is 57.8 Å². The van der Waals surface area contributed by atoms with Crippen molar-refractivity contribution in [1.82, 2.24) is 4.90 Å². The lowest BCUT2D eigenvalue weighted by Gasteiger charge is -2.26. The molecule has 0 aliphatic carbocycles. The lowest BCUT2D eigenvalue weighted by atomic mass is 9.98. The lowest BCUT2D eigenvalue weighted by Crippen LogP contribution is -2.42. The van der Waals surface area contributed by atoms with E-state index in [9.17, 15) is 9.59 Å². The largest absolute Gasteiger partial charge is 0.278 e. The van der Waals surface area contributed by atoms with Gasteiger partial charge in [0.15, 0.2) is 0 Å². The number of amides is 2. The molecule has 124 valence electrons. The maximum absolute atomic E-state index is 12.4. The number of carbonyl (C=O) groups is 2. The zero-order chi connectivity index (χ0) is 16.5. The molecule has 2 rings (SSSR count). The fraction of sp³-hybridized carbons (Fsp3) is 0.500. The lowest BCUT2D eigenvalue weighted by molar-refractivity contribution is -0.128. The quantitative estimate of drug-likeness (QED) is 0.362. The number of hydrogen-bond donors (Lipinski definition) is 0. The predicted octanol–water partition coefficient (Wildman–Crippen LogP) is 4.52. The Kier molecular flexibility index (Phi) is 7.05. The highest BCUT2D eigenvalue weighted by Crippen LogP contribution is 2.20. The minimum Gasteiger partial charge on any atom is -0.278 e. The number of benzene rings is 1. The van der Waals surface area contributed by atoms with E-state index in [4.69, 9.17) is 0 Å². The van der Waals surface area contributed by atoms with Crippen LogP contribution >= 0.6 is 0 Å². The maximum Gasteiger partial charge on any atom is 0.260 e. The highest BCUT2D eigenvalue weighted by Gasteiger charge is 2.29. The Morgan fingerprint density at radius 1 is 0.957 bits per heavy atom. The molecule has 0 fully saturated rings. The van der Waals surface area contributed by atoms with Gasteiger partial charge in [0.2, 0.25) is 5.91 Å². The summed E-state index contributed by atoms with van der Waals surface area (Å²) in [5.41, 5.74) is 1.55. The van der Waals surface area contributed by atoms with Crippen molar-refractivity contribution in [2.24, 2.45) is 0 Å². The van der Waals surface area contributed by atoms with Crippen LogP contribution < -0.4 is 0 Å². The molecule has 2 amide bonds. The molecule has 1 aromatic carbocycles. The number of rotatable bonds is 10. The molecule has 0 spiro atoms. The molecule has 0 saturated heterocycles. The monoisotopic (exact) mass is 313 g/mol. The van der Waals surface area contributed by atoms with Crippen LogP contribution in [0.2, 0.25) is 0 Å². The van der Waals surface area contributed by atoms with E-state index >= 15 is 0 Å². The maximum atomic E-state index is 12.4. The van der Waals surface area contributed by atoms with Crippen LogP contribution in [0, 0.1) is 0 Å². The second kappa shape index (κ2) is 9.29. The second-order valence-corrected chi connectivity index (χ2v) is 6.24. The van der Waals surface area contributed by atoms with Gasteiger partial charge in [-0.1, -0.05) is 56.4 Å². The van der Waals surface area contributed by atoms with E-state index in [1.54, 1.807) is 0 Å². The molecule has 0 atom stereocenters. The molecular weight excluding hydrogens is 286 g/mol. The van der Waals surface area contributed by atoms with Crippen LogP contribution in [0.25, 0.3) is 0 Å². The van der Waals surface area contributed by atoms with E-state index in [2.05, 4.69) is 6.58 Å². The summed E-state index contributed by atoms with van der Waals surface area (Å²) in [5.74, 6) is -0.181. The predicted molar refractivity (Wildman–Crippen MR) is 93.3 cm³/mol. The summed E-state index contributed by atoms with van der Waals surface area (Å²) in [6.07, 6.45) is 11.6. The molecule has 0 N–H and O–H groups in total. The number of hydrogen-bond acceptors (Lipinski definition) is 2. The Morgan fingerprint density at radius 3 is 2.35 bits per heavy atom. The van der Waals surface area contributed by atoms with Gasteiger partial charge in [0, 0.05) is 12.1 Å². The minimum absolute atomic E-state index is 0.0573. The van der Waals surface area contributed by atoms with Gasteiger partial charge in [-0.15, -0.1) is 6.58 Å². The van der Waals surface area contributed by atoms with Crippen LogP contribution in [0.1, 0.15) is 67.3 Å². The van der Waals surface area contributed by atoms with Gasteiger partial charge in [0.1, 0.15) is 0 Å². The molecule has 0 aromatic heterocycles. The van der Waals surface area contributed by atoms with Gasteiger partial charge in [-0.25, -0.2) is 0 Å². The summed E-state index contributed by atoms with van der Waals surface area (Å²) in [7, 11) is 0. The fourth-order valence-corrected chi connectivity index (χ4v) is 3.07. The molecule has 0 unspecified atom stereocenters. The number of unbranched alkanes of at least 4 members (excludes halogenated alkanes) is 7. The van der Waals surface area contributed by atoms with Gasteiger partial charge in [0.05, 0.1) is 6.42 Å². The number of fused-ring (bicyclic) bond motifs is 1. The van der Waals surface area contributed by atoms with E-state index in [0.717, 1.165) is 24.8 Å². The van der Waals surface area contributed by atoms with E-state index in [0.29, 0.717) is 18.5 Å². The van der Waals surface area contributed by atoms with Gasteiger partial charge in [-0.3, -0.25) is 14.5 Å². The van der Waals surface area contributed by atoms with Crippen molar-refractivity contribution >= 4 is 11.8 Å². The molecule has 1 aliphatic heterocycles. The molecule has 1 heterocycles. The zero-order valence-electron chi connectivity index (χ0n) is 13.9. The smallest absolute Gasteiger partial charge is 0.260 e. The molecule has 3 heteroatoms. The van der Waals surface area contributed by atoms with Crippen molar-refractivity contribution in [3.05, 3.63) is 48.0 Å². The first kappa shape index (κ1) is 17.5. The summed E-state index contributed by atoms with van der Waals surface area (Å²) < 4.78 is 0. The first-order valence-electron chi connectivity index (χ1n) is 8.77. The SMILES string of the molecule is C=CCCCCCCCCCN1C(=O)Cc2ccccc2C1=O. The third kappa shape index (κ3) is 5.05. The summed E-state index contributed by atoms with van der Waals surface area (Å²) in [4.78, 5) is 26.0. The van der Waals surface area contributed by atoms with Crippen molar-refractivity contribution in [1.29, 1.82) is 0 Å². The van der Waals surface area contributed by atoms with Crippen molar-refractivity contribution in [2.75, 3.05) is 6.54 Å². The number of allylic oxidation sites excluding steroid dienone is 1. The Balaban J connectivity index is 1.67. The Morgan fingerprint density at radius 2 is 1.61 bits per heavy atom. The third-order valence-electron chi connectivity index (χ3n) is 4.43. The number of nitrogens with zero attached hydrogens (tertiary/aromatic N) is 1. The molecule has 0 saturated carbocycles. The van der Waals surface area contributed by atoms with E-state index in [-0.39, 0.29) is 11.8 Å². The Hall–Kier alpha value is -1.90. The van der Waals surface area contributed by atoms with Crippen LogP contribution in [-0.4, -0.2) is 23.3 Å². The van der Waals surface area contributed by atoms with Gasteiger partial charge < -0.3 is 0 Å². The van der Waals surface area contributed by atoms with Crippen LogP contribution in [0.15, 0.2) is 36.9 Å². The molecular formula is C20H27NO2. The first-order valence-corrected chi connectivity index (χ1v) is 8.77. The van der Waals surface area contributed by atoms with Gasteiger partial charge in [0.25, 0.3) is 5.91 Å². The van der Waals surface area contributed by atoms with Crippen molar-refractivity contribution < 1.29 is 9.59 Å². The fourth-order valence-electron chi connectivity index (χ4n) is 3.07. The molecule has 23 heavy (non-hydrogen) atoms. The first-order chi connectivity index (χ1) is 11.2. The minimum atomic E-state index is -0.124. The van der Waals surface area contributed by atoms with E-state index in [1.807, 2.05) is 30.3 Å². The molecule has 0 radical (unpaired) electrons. The van der Waals surface area contributed by atoms with E-state index < -0.39 is 0 Å². The number of carbonyl (C=O) groups excluding carboxylic acids is 2. The summed E-state index contributed by atoms with van der Waals surface area (Å²) in [5, 5.41) is 0. The summed E-state index contributed by atoms with van der Waals surface area (Å²) in [6.45, 7) is 4.29. The van der Waals surface area contributed by atoms with Crippen molar-refractivity contribution in [3.63, 3.8) is 0 Å².